The van der Waals surface area contributed by atoms with Gasteiger partial charge in [0.05, 0.1) is 5.69 Å². The minimum absolute atomic E-state index is 0.402. The zero-order valence-electron chi connectivity index (χ0n) is 12.4. The molecule has 24 heavy (non-hydrogen) atoms. The molecule has 0 spiro atoms. The molecule has 0 unspecified atom stereocenters. The molecule has 5 rings (SSSR count). The highest BCUT2D eigenvalue weighted by Crippen LogP contribution is 2.33. The van der Waals surface area contributed by atoms with Gasteiger partial charge in [-0.2, -0.15) is 11.3 Å². The maximum atomic E-state index is 6.15. The van der Waals surface area contributed by atoms with E-state index in [1.54, 1.807) is 29.0 Å². The number of hydrogen-bond acceptors (Lipinski definition) is 6. The first-order valence-electron chi connectivity index (χ1n) is 7.31. The van der Waals surface area contributed by atoms with Gasteiger partial charge in [0.2, 0.25) is 0 Å². The summed E-state index contributed by atoms with van der Waals surface area (Å²) in [7, 11) is 0. The van der Waals surface area contributed by atoms with Crippen LogP contribution in [0.2, 0.25) is 0 Å². The van der Waals surface area contributed by atoms with Gasteiger partial charge in [-0.3, -0.25) is 4.57 Å². The number of nitrogen functional groups attached to an aromatic ring is 1. The van der Waals surface area contributed by atoms with Gasteiger partial charge < -0.3 is 5.73 Å². The first-order chi connectivity index (χ1) is 11.8. The number of hydrogen-bond donors (Lipinski definition) is 1. The maximum absolute atomic E-state index is 6.15. The van der Waals surface area contributed by atoms with Crippen LogP contribution in [0.4, 0.5) is 5.82 Å². The number of nitrogens with zero attached hydrogens (tertiary/aromatic N) is 4. The van der Waals surface area contributed by atoms with Crippen LogP contribution < -0.4 is 5.73 Å². The van der Waals surface area contributed by atoms with Crippen LogP contribution in [-0.2, 0) is 0 Å². The Balaban J connectivity index is 1.79. The summed E-state index contributed by atoms with van der Waals surface area (Å²) in [6.45, 7) is 0. The average Bonchev–Trinajstić information content (AvgIpc) is 3.33. The van der Waals surface area contributed by atoms with Crippen LogP contribution in [0.15, 0.2) is 52.8 Å². The van der Waals surface area contributed by atoms with Gasteiger partial charge in [0.25, 0.3) is 0 Å². The third-order valence-electron chi connectivity index (χ3n) is 3.93. The third kappa shape index (κ3) is 1.95. The van der Waals surface area contributed by atoms with E-state index in [1.807, 2.05) is 28.1 Å². The van der Waals surface area contributed by atoms with Crippen molar-refractivity contribution < 1.29 is 0 Å². The lowest BCUT2D eigenvalue weighted by atomic mass is 10.1. The maximum Gasteiger partial charge on any atom is 0.170 e. The van der Waals surface area contributed by atoms with E-state index in [0.717, 1.165) is 22.3 Å². The molecule has 1 aromatic carbocycles. The summed E-state index contributed by atoms with van der Waals surface area (Å²) in [4.78, 5) is 13.6. The molecule has 0 aliphatic rings. The van der Waals surface area contributed by atoms with Crippen molar-refractivity contribution in [2.75, 3.05) is 5.73 Å². The Morgan fingerprint density at radius 1 is 1.04 bits per heavy atom. The summed E-state index contributed by atoms with van der Waals surface area (Å²) >= 11 is 3.32. The second kappa shape index (κ2) is 5.12. The molecule has 0 saturated carbocycles. The van der Waals surface area contributed by atoms with Gasteiger partial charge >= 0.3 is 0 Å². The van der Waals surface area contributed by atoms with Crippen LogP contribution >= 0.6 is 22.7 Å². The summed E-state index contributed by atoms with van der Waals surface area (Å²) in [5.74, 6) is 1.04. The van der Waals surface area contributed by atoms with Crippen molar-refractivity contribution >= 4 is 49.7 Å². The van der Waals surface area contributed by atoms with Crippen LogP contribution in [0.1, 0.15) is 0 Å². The van der Waals surface area contributed by atoms with E-state index >= 15 is 0 Å². The molecule has 0 amide bonds. The zero-order valence-corrected chi connectivity index (χ0v) is 14.0. The van der Waals surface area contributed by atoms with E-state index < -0.39 is 0 Å². The minimum Gasteiger partial charge on any atom is -0.382 e. The molecule has 5 nitrogen and oxygen atoms in total. The molecule has 0 bridgehead atoms. The molecule has 0 fully saturated rings. The summed E-state index contributed by atoms with van der Waals surface area (Å²) in [6, 6.07) is 10.3. The van der Waals surface area contributed by atoms with Crippen LogP contribution in [0, 0.1) is 0 Å². The van der Waals surface area contributed by atoms with E-state index in [-0.39, 0.29) is 0 Å². The smallest absolute Gasteiger partial charge is 0.170 e. The van der Waals surface area contributed by atoms with Crippen molar-refractivity contribution in [2.24, 2.45) is 0 Å². The van der Waals surface area contributed by atoms with Gasteiger partial charge in [-0.15, -0.1) is 11.3 Å². The zero-order chi connectivity index (χ0) is 16.1. The summed E-state index contributed by atoms with van der Waals surface area (Å²) in [5, 5.41) is 7.30. The number of aromatic nitrogens is 4. The fourth-order valence-electron chi connectivity index (χ4n) is 2.78. The van der Waals surface area contributed by atoms with Gasteiger partial charge in [-0.1, -0.05) is 18.2 Å². The monoisotopic (exact) mass is 349 g/mol. The second-order valence-corrected chi connectivity index (χ2v) is 7.04. The highest BCUT2D eigenvalue weighted by molar-refractivity contribution is 7.17. The van der Waals surface area contributed by atoms with Crippen molar-refractivity contribution in [3.63, 3.8) is 0 Å². The predicted molar refractivity (Wildman–Crippen MR) is 99.8 cm³/mol. The quantitative estimate of drug-likeness (QED) is 0.515. The van der Waals surface area contributed by atoms with Crippen LogP contribution in [0.25, 0.3) is 38.3 Å². The number of anilines is 1. The number of thiophene rings is 2. The number of fused-ring (bicyclic) bond motifs is 2. The fourth-order valence-corrected chi connectivity index (χ4v) is 4.34. The Labute approximate surface area is 145 Å². The number of nitrogens with two attached hydrogens (primary N) is 1. The lowest BCUT2D eigenvalue weighted by Gasteiger charge is -2.04. The SMILES string of the molecule is Nc1nc(-c2csc3ccccc23)nc2c1ncn2-c1ccsc1. The van der Waals surface area contributed by atoms with Gasteiger partial charge in [0, 0.05) is 26.4 Å². The Bertz CT molecular complexity index is 1170. The van der Waals surface area contributed by atoms with E-state index in [2.05, 4.69) is 32.9 Å². The lowest BCUT2D eigenvalue weighted by Crippen LogP contribution is -1.99. The van der Waals surface area contributed by atoms with Gasteiger partial charge in [0.1, 0.15) is 6.33 Å². The highest BCUT2D eigenvalue weighted by Gasteiger charge is 2.16. The van der Waals surface area contributed by atoms with Crippen molar-refractivity contribution in [1.29, 1.82) is 0 Å². The summed E-state index contributed by atoms with van der Waals surface area (Å²) in [6.07, 6.45) is 1.74. The molecular formula is C17H11N5S2. The minimum atomic E-state index is 0.402. The molecule has 0 aliphatic carbocycles. The van der Waals surface area contributed by atoms with Gasteiger partial charge in [0.15, 0.2) is 22.8 Å². The molecular weight excluding hydrogens is 338 g/mol. The molecule has 0 radical (unpaired) electrons. The fraction of sp³-hybridized carbons (Fsp3) is 0. The van der Waals surface area contributed by atoms with Gasteiger partial charge in [-0.25, -0.2) is 15.0 Å². The third-order valence-corrected chi connectivity index (χ3v) is 5.56. The van der Waals surface area contributed by atoms with Crippen molar-refractivity contribution in [3.8, 4) is 17.1 Å². The highest BCUT2D eigenvalue weighted by atomic mass is 32.1. The Kier molecular flexibility index (Phi) is 2.91. The second-order valence-electron chi connectivity index (χ2n) is 5.35. The Morgan fingerprint density at radius 3 is 2.83 bits per heavy atom. The summed E-state index contributed by atoms with van der Waals surface area (Å²) in [5.41, 5.74) is 9.54. The number of imidazole rings is 1. The molecule has 7 heteroatoms. The predicted octanol–water partition coefficient (Wildman–Crippen LogP) is 4.34. The molecule has 0 atom stereocenters. The number of rotatable bonds is 2. The number of benzene rings is 1. The van der Waals surface area contributed by atoms with E-state index in [1.165, 1.54) is 4.70 Å². The van der Waals surface area contributed by atoms with E-state index in [9.17, 15) is 0 Å². The lowest BCUT2D eigenvalue weighted by molar-refractivity contribution is 1.07. The normalized spacial score (nSPS) is 11.5. The first kappa shape index (κ1) is 13.6. The van der Waals surface area contributed by atoms with Crippen LogP contribution in [-0.4, -0.2) is 19.5 Å². The molecule has 5 aromatic rings. The molecule has 0 aliphatic heterocycles. The van der Waals surface area contributed by atoms with E-state index in [4.69, 9.17) is 10.7 Å². The Hall–Kier alpha value is -2.77. The van der Waals surface area contributed by atoms with Crippen molar-refractivity contribution in [2.45, 2.75) is 0 Å². The average molecular weight is 349 g/mol. The first-order valence-corrected chi connectivity index (χ1v) is 9.13. The molecule has 0 saturated heterocycles. The topological polar surface area (TPSA) is 69.6 Å². The largest absolute Gasteiger partial charge is 0.382 e. The van der Waals surface area contributed by atoms with Gasteiger partial charge in [-0.05, 0) is 17.5 Å². The molecule has 116 valence electrons. The van der Waals surface area contributed by atoms with Crippen LogP contribution in [0.5, 0.6) is 0 Å². The van der Waals surface area contributed by atoms with Crippen molar-refractivity contribution in [3.05, 3.63) is 52.8 Å². The molecule has 2 N–H and O–H groups in total. The Morgan fingerprint density at radius 2 is 1.96 bits per heavy atom. The molecule has 4 heterocycles. The van der Waals surface area contributed by atoms with Crippen LogP contribution in [0.3, 0.4) is 0 Å². The standard InChI is InChI=1S/C17H11N5S2/c18-15-14-17(22(9-19-14)10-5-6-23-7-10)21-16(20-15)12-8-24-13-4-2-1-3-11(12)13/h1-9H,(H2,18,20,21). The molecule has 4 aromatic heterocycles. The summed E-state index contributed by atoms with van der Waals surface area (Å²) < 4.78 is 3.16. The van der Waals surface area contributed by atoms with E-state index in [0.29, 0.717) is 17.2 Å². The van der Waals surface area contributed by atoms with Crippen molar-refractivity contribution in [1.82, 2.24) is 19.5 Å².